The van der Waals surface area contributed by atoms with Gasteiger partial charge in [0.2, 0.25) is 0 Å². The number of hydrogen-bond acceptors (Lipinski definition) is 1. The average Bonchev–Trinajstić information content (AvgIpc) is 2.74. The van der Waals surface area contributed by atoms with E-state index in [1.165, 1.54) is 55.2 Å². The minimum absolute atomic E-state index is 0.298. The van der Waals surface area contributed by atoms with Crippen molar-refractivity contribution in [3.8, 4) is 0 Å². The number of rotatable bonds is 5. The SMILES string of the molecule is Cc1ccc(C2C=CC=CC2)cc1C1C=C(CC2CCCCC2)C([Si](C)(C)C)=CN1. The molecule has 0 radical (unpaired) electrons. The van der Waals surface area contributed by atoms with Gasteiger partial charge in [0, 0.05) is 5.92 Å². The fourth-order valence-corrected chi connectivity index (χ4v) is 7.08. The third kappa shape index (κ3) is 4.91. The van der Waals surface area contributed by atoms with Gasteiger partial charge in [0.25, 0.3) is 0 Å². The maximum atomic E-state index is 3.79. The Hall–Kier alpha value is -1.80. The van der Waals surface area contributed by atoms with Crippen LogP contribution >= 0.6 is 0 Å². The summed E-state index contributed by atoms with van der Waals surface area (Å²) in [4.78, 5) is 0. The van der Waals surface area contributed by atoms with Gasteiger partial charge >= 0.3 is 0 Å². The molecule has 2 aliphatic carbocycles. The molecule has 160 valence electrons. The number of aryl methyl sites for hydroxylation is 1. The van der Waals surface area contributed by atoms with E-state index in [0.29, 0.717) is 12.0 Å². The molecule has 0 spiro atoms. The number of nitrogens with one attached hydrogen (secondary N) is 1. The molecule has 0 saturated heterocycles. The zero-order valence-electron chi connectivity index (χ0n) is 19.4. The molecule has 1 fully saturated rings. The predicted octanol–water partition coefficient (Wildman–Crippen LogP) is 7.90. The van der Waals surface area contributed by atoms with Crippen LogP contribution in [0.2, 0.25) is 19.6 Å². The van der Waals surface area contributed by atoms with Gasteiger partial charge in [-0.1, -0.05) is 100 Å². The van der Waals surface area contributed by atoms with E-state index >= 15 is 0 Å². The normalized spacial score (nSPS) is 24.9. The quantitative estimate of drug-likeness (QED) is 0.480. The smallest absolute Gasteiger partial charge is 0.0798 e. The maximum Gasteiger partial charge on any atom is 0.0798 e. The average molecular weight is 418 g/mol. The monoisotopic (exact) mass is 417 g/mol. The van der Waals surface area contributed by atoms with E-state index in [0.717, 1.165) is 12.3 Å². The van der Waals surface area contributed by atoms with Crippen molar-refractivity contribution in [2.24, 2.45) is 5.92 Å². The van der Waals surface area contributed by atoms with Crippen molar-refractivity contribution in [2.75, 3.05) is 0 Å². The molecule has 1 heterocycles. The number of hydrogen-bond donors (Lipinski definition) is 1. The predicted molar refractivity (Wildman–Crippen MR) is 133 cm³/mol. The molecule has 1 aliphatic heterocycles. The number of benzene rings is 1. The van der Waals surface area contributed by atoms with Crippen LogP contribution in [-0.4, -0.2) is 8.07 Å². The first-order chi connectivity index (χ1) is 14.4. The summed E-state index contributed by atoms with van der Waals surface area (Å²) in [5, 5.41) is 5.43. The van der Waals surface area contributed by atoms with E-state index in [-0.39, 0.29) is 0 Å². The highest BCUT2D eigenvalue weighted by molar-refractivity contribution is 6.84. The molecule has 30 heavy (non-hydrogen) atoms. The molecule has 4 rings (SSSR count). The summed E-state index contributed by atoms with van der Waals surface area (Å²) in [7, 11) is -1.37. The van der Waals surface area contributed by atoms with Crippen molar-refractivity contribution >= 4 is 8.07 Å². The van der Waals surface area contributed by atoms with Crippen LogP contribution in [0, 0.1) is 12.8 Å². The van der Waals surface area contributed by atoms with E-state index in [1.807, 2.05) is 0 Å². The lowest BCUT2D eigenvalue weighted by Gasteiger charge is -2.33. The third-order valence-corrected chi connectivity index (χ3v) is 9.29. The molecule has 1 N–H and O–H groups in total. The van der Waals surface area contributed by atoms with Crippen molar-refractivity contribution in [3.63, 3.8) is 0 Å². The lowest BCUT2D eigenvalue weighted by atomic mass is 9.83. The van der Waals surface area contributed by atoms with Gasteiger partial charge in [-0.2, -0.15) is 0 Å². The van der Waals surface area contributed by atoms with Gasteiger partial charge < -0.3 is 5.32 Å². The lowest BCUT2D eigenvalue weighted by molar-refractivity contribution is 0.356. The highest BCUT2D eigenvalue weighted by atomic mass is 28.3. The van der Waals surface area contributed by atoms with Crippen LogP contribution in [0.15, 0.2) is 65.5 Å². The van der Waals surface area contributed by atoms with Crippen molar-refractivity contribution in [1.82, 2.24) is 5.32 Å². The fourth-order valence-electron chi connectivity index (χ4n) is 5.42. The van der Waals surface area contributed by atoms with Gasteiger partial charge in [0.05, 0.1) is 14.1 Å². The molecule has 2 unspecified atom stereocenters. The van der Waals surface area contributed by atoms with Crippen molar-refractivity contribution in [2.45, 2.75) is 83.5 Å². The highest BCUT2D eigenvalue weighted by Crippen LogP contribution is 2.38. The van der Waals surface area contributed by atoms with Crippen LogP contribution in [0.3, 0.4) is 0 Å². The van der Waals surface area contributed by atoms with Gasteiger partial charge in [0.1, 0.15) is 0 Å². The van der Waals surface area contributed by atoms with Gasteiger partial charge in [-0.3, -0.25) is 0 Å². The van der Waals surface area contributed by atoms with Crippen LogP contribution < -0.4 is 5.32 Å². The Balaban J connectivity index is 1.63. The van der Waals surface area contributed by atoms with Crippen LogP contribution in [0.5, 0.6) is 0 Å². The van der Waals surface area contributed by atoms with Crippen molar-refractivity contribution in [3.05, 3.63) is 82.2 Å². The third-order valence-electron chi connectivity index (χ3n) is 7.21. The Morgan fingerprint density at radius 2 is 1.83 bits per heavy atom. The minimum Gasteiger partial charge on any atom is -0.381 e. The van der Waals surface area contributed by atoms with Gasteiger partial charge in [-0.25, -0.2) is 0 Å². The summed E-state index contributed by atoms with van der Waals surface area (Å²) in [6.45, 7) is 9.74. The summed E-state index contributed by atoms with van der Waals surface area (Å²) in [6, 6.07) is 7.41. The molecule has 1 aromatic rings. The topological polar surface area (TPSA) is 12.0 Å². The van der Waals surface area contributed by atoms with Crippen LogP contribution in [0.1, 0.15) is 73.6 Å². The molecule has 2 heteroatoms. The molecule has 0 amide bonds. The van der Waals surface area contributed by atoms with Gasteiger partial charge in [-0.15, -0.1) is 0 Å². The molecule has 1 aromatic carbocycles. The van der Waals surface area contributed by atoms with E-state index in [2.05, 4.69) is 86.7 Å². The Labute approximate surface area is 185 Å². The molecule has 1 nitrogen and oxygen atoms in total. The van der Waals surface area contributed by atoms with Gasteiger partial charge in [0.15, 0.2) is 0 Å². The minimum atomic E-state index is -1.37. The summed E-state index contributed by atoms with van der Waals surface area (Å²) in [6.07, 6.45) is 23.5. The van der Waals surface area contributed by atoms with Crippen LogP contribution in [0.25, 0.3) is 0 Å². The highest BCUT2D eigenvalue weighted by Gasteiger charge is 2.29. The first kappa shape index (κ1) is 21.4. The summed E-state index contributed by atoms with van der Waals surface area (Å²) < 4.78 is 0. The van der Waals surface area contributed by atoms with Crippen molar-refractivity contribution in [1.29, 1.82) is 0 Å². The maximum absolute atomic E-state index is 3.79. The van der Waals surface area contributed by atoms with E-state index in [1.54, 1.807) is 10.8 Å². The van der Waals surface area contributed by atoms with E-state index in [9.17, 15) is 0 Å². The molecule has 1 saturated carbocycles. The summed E-state index contributed by atoms with van der Waals surface area (Å²) >= 11 is 0. The van der Waals surface area contributed by atoms with Crippen molar-refractivity contribution < 1.29 is 0 Å². The largest absolute Gasteiger partial charge is 0.381 e. The van der Waals surface area contributed by atoms with E-state index in [4.69, 9.17) is 0 Å². The second-order valence-electron chi connectivity index (χ2n) is 10.6. The second-order valence-corrected chi connectivity index (χ2v) is 15.7. The number of allylic oxidation sites excluding steroid dienone is 6. The van der Waals surface area contributed by atoms with Crippen LogP contribution in [-0.2, 0) is 0 Å². The standard InChI is InChI=1S/C28H39NSi/c1-21-15-16-24(23-13-9-6-10-14-23)18-26(21)27-19-25(17-22-11-7-5-8-12-22)28(20-29-27)30(2,3)4/h6,9-10,13,15-16,18-20,22-23,27,29H,5,7-8,11-12,14,17H2,1-4H3. The first-order valence-corrected chi connectivity index (χ1v) is 15.5. The Kier molecular flexibility index (Phi) is 6.53. The molecular weight excluding hydrogens is 378 g/mol. The summed E-state index contributed by atoms with van der Waals surface area (Å²) in [5.41, 5.74) is 5.93. The lowest BCUT2D eigenvalue weighted by Crippen LogP contribution is -2.32. The molecule has 0 aromatic heterocycles. The molecular formula is C28H39NSi. The Bertz CT molecular complexity index is 874. The number of dihydropyridines is 1. The Morgan fingerprint density at radius 1 is 1.03 bits per heavy atom. The fraction of sp³-hybridized carbons (Fsp3) is 0.500. The Morgan fingerprint density at radius 3 is 2.53 bits per heavy atom. The molecule has 0 bridgehead atoms. The van der Waals surface area contributed by atoms with E-state index < -0.39 is 8.07 Å². The molecule has 2 atom stereocenters. The molecule has 3 aliphatic rings. The second kappa shape index (κ2) is 9.14. The summed E-state index contributed by atoms with van der Waals surface area (Å²) in [5.74, 6) is 1.40. The van der Waals surface area contributed by atoms with Crippen LogP contribution in [0.4, 0.5) is 0 Å². The zero-order valence-corrected chi connectivity index (χ0v) is 20.4. The first-order valence-electron chi connectivity index (χ1n) is 12.0. The van der Waals surface area contributed by atoms with Gasteiger partial charge in [-0.05, 0) is 59.3 Å². The zero-order chi connectivity index (χ0) is 21.1.